The number of rotatable bonds is 3. The molecule has 2 aliphatic rings. The number of hydrogen-bond donors (Lipinski definition) is 0. The molecule has 22 heavy (non-hydrogen) atoms. The number of allylic oxidation sites excluding steroid dienone is 1. The Morgan fingerprint density at radius 3 is 2.18 bits per heavy atom. The number of hydrogen-bond acceptors (Lipinski definition) is 3. The zero-order valence-corrected chi connectivity index (χ0v) is 12.4. The Hall–Kier alpha value is -1.53. The van der Waals surface area contributed by atoms with Crippen molar-refractivity contribution in [3.63, 3.8) is 0 Å². The van der Waals surface area contributed by atoms with Gasteiger partial charge >= 0.3 is 6.18 Å². The average Bonchev–Trinajstić information content (AvgIpc) is 2.75. The van der Waals surface area contributed by atoms with E-state index < -0.39 is 18.0 Å². The standard InChI is InChI=1S/C15H21F3N2O2/c16-15(17,18)13(21)7-11-19-10-5-6-12(19)14(22)20-8-3-1-2-4-9-20/h7,11-12H,1-6,8-10H2/b11-7+/t12-/m1/s1. The molecule has 4 nitrogen and oxygen atoms in total. The Morgan fingerprint density at radius 2 is 1.59 bits per heavy atom. The Labute approximate surface area is 127 Å². The molecular formula is C15H21F3N2O2. The molecule has 0 aromatic carbocycles. The summed E-state index contributed by atoms with van der Waals surface area (Å²) in [5, 5.41) is 0. The van der Waals surface area contributed by atoms with E-state index >= 15 is 0 Å². The van der Waals surface area contributed by atoms with Crippen LogP contribution >= 0.6 is 0 Å². The van der Waals surface area contributed by atoms with Crippen molar-refractivity contribution in [1.29, 1.82) is 0 Å². The summed E-state index contributed by atoms with van der Waals surface area (Å²) in [6.07, 6.45) is 2.32. The minimum Gasteiger partial charge on any atom is -0.365 e. The van der Waals surface area contributed by atoms with E-state index in [4.69, 9.17) is 0 Å². The highest BCUT2D eigenvalue weighted by atomic mass is 19.4. The van der Waals surface area contributed by atoms with Crippen LogP contribution in [-0.2, 0) is 9.59 Å². The third-order valence-electron chi connectivity index (χ3n) is 4.19. The van der Waals surface area contributed by atoms with Crippen LogP contribution in [0.15, 0.2) is 12.3 Å². The first-order chi connectivity index (χ1) is 10.4. The highest BCUT2D eigenvalue weighted by molar-refractivity contribution is 5.94. The van der Waals surface area contributed by atoms with Gasteiger partial charge in [-0.25, -0.2) is 0 Å². The summed E-state index contributed by atoms with van der Waals surface area (Å²) >= 11 is 0. The van der Waals surface area contributed by atoms with Gasteiger partial charge in [0, 0.05) is 31.9 Å². The number of likely N-dealkylation sites (tertiary alicyclic amines) is 2. The molecule has 1 atom stereocenters. The molecule has 7 heteroatoms. The van der Waals surface area contributed by atoms with Gasteiger partial charge in [0.15, 0.2) is 0 Å². The highest BCUT2D eigenvalue weighted by Gasteiger charge is 2.37. The summed E-state index contributed by atoms with van der Waals surface area (Å²) in [6, 6.07) is -0.435. The number of carbonyl (C=O) groups is 2. The largest absolute Gasteiger partial charge is 0.454 e. The van der Waals surface area contributed by atoms with Crippen molar-refractivity contribution < 1.29 is 22.8 Å². The van der Waals surface area contributed by atoms with Gasteiger partial charge in [0.2, 0.25) is 5.91 Å². The van der Waals surface area contributed by atoms with Crippen LogP contribution in [0.25, 0.3) is 0 Å². The minimum absolute atomic E-state index is 0.0245. The molecule has 0 N–H and O–H groups in total. The molecule has 2 aliphatic heterocycles. The van der Waals surface area contributed by atoms with Crippen molar-refractivity contribution in [3.8, 4) is 0 Å². The van der Waals surface area contributed by atoms with Gasteiger partial charge in [0.1, 0.15) is 6.04 Å². The van der Waals surface area contributed by atoms with Gasteiger partial charge in [-0.2, -0.15) is 13.2 Å². The zero-order chi connectivity index (χ0) is 16.2. The van der Waals surface area contributed by atoms with E-state index in [1.54, 1.807) is 4.90 Å². The topological polar surface area (TPSA) is 40.6 Å². The molecule has 0 spiro atoms. The van der Waals surface area contributed by atoms with Crippen LogP contribution in [0.3, 0.4) is 0 Å². The maximum absolute atomic E-state index is 12.5. The monoisotopic (exact) mass is 318 g/mol. The van der Waals surface area contributed by atoms with E-state index in [1.165, 1.54) is 0 Å². The number of carbonyl (C=O) groups excluding carboxylic acids is 2. The summed E-state index contributed by atoms with van der Waals surface area (Å²) in [5.74, 6) is -1.91. The van der Waals surface area contributed by atoms with E-state index in [0.717, 1.165) is 38.3 Å². The Kier molecular flexibility index (Phi) is 5.47. The third kappa shape index (κ3) is 4.24. The summed E-state index contributed by atoms with van der Waals surface area (Å²) in [5.41, 5.74) is 0. The normalized spacial score (nSPS) is 23.9. The summed E-state index contributed by atoms with van der Waals surface area (Å²) < 4.78 is 36.7. The van der Waals surface area contributed by atoms with Crippen LogP contribution in [-0.4, -0.2) is 53.3 Å². The molecular weight excluding hydrogens is 297 g/mol. The van der Waals surface area contributed by atoms with Crippen LogP contribution in [0.2, 0.25) is 0 Å². The van der Waals surface area contributed by atoms with Gasteiger partial charge in [-0.1, -0.05) is 12.8 Å². The van der Waals surface area contributed by atoms with E-state index in [1.807, 2.05) is 4.90 Å². The Bertz CT molecular complexity index is 441. The zero-order valence-electron chi connectivity index (χ0n) is 12.4. The third-order valence-corrected chi connectivity index (χ3v) is 4.19. The van der Waals surface area contributed by atoms with E-state index in [-0.39, 0.29) is 5.91 Å². The van der Waals surface area contributed by atoms with Crippen LogP contribution in [0.4, 0.5) is 13.2 Å². The lowest BCUT2D eigenvalue weighted by molar-refractivity contribution is -0.165. The Morgan fingerprint density at radius 1 is 0.955 bits per heavy atom. The molecule has 0 radical (unpaired) electrons. The predicted molar refractivity (Wildman–Crippen MR) is 75.0 cm³/mol. The van der Waals surface area contributed by atoms with Gasteiger partial charge in [-0.15, -0.1) is 0 Å². The van der Waals surface area contributed by atoms with Crippen molar-refractivity contribution >= 4 is 11.7 Å². The second kappa shape index (κ2) is 7.15. The van der Waals surface area contributed by atoms with Crippen molar-refractivity contribution in [3.05, 3.63) is 12.3 Å². The number of nitrogens with zero attached hydrogens (tertiary/aromatic N) is 2. The lowest BCUT2D eigenvalue weighted by Gasteiger charge is -2.28. The van der Waals surface area contributed by atoms with Gasteiger partial charge in [0.25, 0.3) is 5.78 Å². The number of amides is 1. The lowest BCUT2D eigenvalue weighted by atomic mass is 10.2. The maximum atomic E-state index is 12.5. The first kappa shape index (κ1) is 16.8. The fraction of sp³-hybridized carbons (Fsp3) is 0.733. The molecule has 0 aliphatic carbocycles. The second-order valence-electron chi connectivity index (χ2n) is 5.81. The van der Waals surface area contributed by atoms with Gasteiger partial charge in [0.05, 0.1) is 0 Å². The van der Waals surface area contributed by atoms with Gasteiger partial charge < -0.3 is 9.80 Å². The molecule has 2 rings (SSSR count). The average molecular weight is 318 g/mol. The van der Waals surface area contributed by atoms with Crippen molar-refractivity contribution in [2.24, 2.45) is 0 Å². The van der Waals surface area contributed by atoms with Crippen molar-refractivity contribution in [2.75, 3.05) is 19.6 Å². The molecule has 124 valence electrons. The van der Waals surface area contributed by atoms with E-state index in [9.17, 15) is 22.8 Å². The van der Waals surface area contributed by atoms with Crippen molar-refractivity contribution in [2.45, 2.75) is 50.7 Å². The second-order valence-corrected chi connectivity index (χ2v) is 5.81. The van der Waals surface area contributed by atoms with Crippen LogP contribution in [0, 0.1) is 0 Å². The molecule has 0 saturated carbocycles. The van der Waals surface area contributed by atoms with E-state index in [2.05, 4.69) is 0 Å². The number of halogens is 3. The SMILES string of the molecule is O=C([C@H]1CCCN1/C=C/C(=O)C(F)(F)F)N1CCCCCC1. The fourth-order valence-corrected chi connectivity index (χ4v) is 2.99. The quantitative estimate of drug-likeness (QED) is 0.751. The predicted octanol–water partition coefficient (Wildman–Crippen LogP) is 2.50. The molecule has 0 unspecified atom stereocenters. The van der Waals surface area contributed by atoms with Gasteiger partial charge in [-0.05, 0) is 25.7 Å². The first-order valence-corrected chi connectivity index (χ1v) is 7.73. The van der Waals surface area contributed by atoms with Gasteiger partial charge in [-0.3, -0.25) is 9.59 Å². The number of ketones is 1. The lowest BCUT2D eigenvalue weighted by Crippen LogP contribution is -2.44. The van der Waals surface area contributed by atoms with E-state index in [0.29, 0.717) is 32.1 Å². The minimum atomic E-state index is -4.86. The van der Waals surface area contributed by atoms with Crippen LogP contribution in [0.5, 0.6) is 0 Å². The van der Waals surface area contributed by atoms with Crippen molar-refractivity contribution in [1.82, 2.24) is 9.80 Å². The summed E-state index contributed by atoms with van der Waals surface area (Å²) in [7, 11) is 0. The molecule has 2 fully saturated rings. The number of alkyl halides is 3. The molecule has 0 aromatic heterocycles. The van der Waals surface area contributed by atoms with Crippen LogP contribution < -0.4 is 0 Å². The molecule has 0 aromatic rings. The Balaban J connectivity index is 1.99. The van der Waals surface area contributed by atoms with Crippen LogP contribution in [0.1, 0.15) is 38.5 Å². The summed E-state index contributed by atoms with van der Waals surface area (Å²) in [4.78, 5) is 26.8. The molecule has 0 bridgehead atoms. The smallest absolute Gasteiger partial charge is 0.365 e. The highest BCUT2D eigenvalue weighted by Crippen LogP contribution is 2.22. The molecule has 2 saturated heterocycles. The fourth-order valence-electron chi connectivity index (χ4n) is 2.99. The maximum Gasteiger partial charge on any atom is 0.454 e. The first-order valence-electron chi connectivity index (χ1n) is 7.73. The molecule has 2 heterocycles. The molecule has 1 amide bonds. The summed E-state index contributed by atoms with van der Waals surface area (Å²) in [6.45, 7) is 1.94.